The van der Waals surface area contributed by atoms with E-state index >= 15 is 0 Å². The third kappa shape index (κ3) is 5.51. The van der Waals surface area contributed by atoms with Crippen molar-refractivity contribution in [3.05, 3.63) is 68.8 Å². The number of carbonyl (C=O) groups excluding carboxylic acids is 1. The number of carboxylic acids is 1. The van der Waals surface area contributed by atoms with Gasteiger partial charge in [-0.25, -0.2) is 4.79 Å². The highest BCUT2D eigenvalue weighted by Crippen LogP contribution is 2.25. The van der Waals surface area contributed by atoms with E-state index in [1.165, 1.54) is 6.08 Å². The molecule has 2 rings (SSSR count). The second-order valence-electron chi connectivity index (χ2n) is 5.63. The molecule has 0 aromatic heterocycles. The second-order valence-corrected chi connectivity index (χ2v) is 6.44. The molecule has 2 aromatic carbocycles. The molecular formula is C19H17Cl2NO4. The zero-order valence-electron chi connectivity index (χ0n) is 14.2. The molecule has 2 aromatic rings. The molecule has 0 fully saturated rings. The minimum absolute atomic E-state index is 0.274. The van der Waals surface area contributed by atoms with Crippen molar-refractivity contribution in [3.8, 4) is 5.75 Å². The first-order chi connectivity index (χ1) is 12.3. The van der Waals surface area contributed by atoms with Gasteiger partial charge in [-0.15, -0.1) is 0 Å². The van der Waals surface area contributed by atoms with E-state index in [1.807, 2.05) is 13.8 Å². The van der Waals surface area contributed by atoms with E-state index in [2.05, 4.69) is 5.32 Å². The number of carbonyl (C=O) groups is 2. The van der Waals surface area contributed by atoms with Crippen molar-refractivity contribution >= 4 is 41.2 Å². The van der Waals surface area contributed by atoms with Crippen LogP contribution in [0.25, 0.3) is 6.08 Å². The number of hydrogen-bond acceptors (Lipinski definition) is 3. The van der Waals surface area contributed by atoms with Crippen LogP contribution in [0, 0.1) is 13.8 Å². The Balaban J connectivity index is 2.05. The fraction of sp³-hybridized carbons (Fsp3) is 0.158. The Kier molecular flexibility index (Phi) is 6.66. The predicted octanol–water partition coefficient (Wildman–Crippen LogP) is 4.23. The van der Waals surface area contributed by atoms with Crippen molar-refractivity contribution in [3.63, 3.8) is 0 Å². The number of halogens is 2. The number of hydrogen-bond donors (Lipinski definition) is 2. The molecule has 0 spiro atoms. The van der Waals surface area contributed by atoms with Gasteiger partial charge < -0.3 is 15.2 Å². The highest BCUT2D eigenvalue weighted by atomic mass is 35.5. The third-order valence-electron chi connectivity index (χ3n) is 3.44. The Labute approximate surface area is 161 Å². The lowest BCUT2D eigenvalue weighted by atomic mass is 10.1. The van der Waals surface area contributed by atoms with Crippen LogP contribution in [-0.2, 0) is 9.59 Å². The standard InChI is InChI=1S/C19H17Cl2NO4/c1-11-6-15(7-12(2)18(11)21)26-10-17(23)22-16(19(24)25)9-13-4-3-5-14(20)8-13/h3-9H,10H2,1-2H3,(H,22,23)(H,24,25)/b16-9+. The molecular weight excluding hydrogens is 377 g/mol. The molecule has 0 aliphatic carbocycles. The molecule has 0 saturated carbocycles. The minimum Gasteiger partial charge on any atom is -0.484 e. The molecule has 0 radical (unpaired) electrons. The molecule has 0 atom stereocenters. The fourth-order valence-electron chi connectivity index (χ4n) is 2.24. The first-order valence-electron chi connectivity index (χ1n) is 7.66. The molecule has 0 unspecified atom stereocenters. The Morgan fingerprint density at radius 1 is 1.15 bits per heavy atom. The summed E-state index contributed by atoms with van der Waals surface area (Å²) in [6.45, 7) is 3.33. The molecule has 0 aliphatic rings. The van der Waals surface area contributed by atoms with Crippen molar-refractivity contribution in [2.24, 2.45) is 0 Å². The Hall–Kier alpha value is -2.50. The van der Waals surface area contributed by atoms with E-state index in [4.69, 9.17) is 27.9 Å². The number of rotatable bonds is 6. The lowest BCUT2D eigenvalue weighted by Crippen LogP contribution is -2.31. The summed E-state index contributed by atoms with van der Waals surface area (Å²) in [7, 11) is 0. The van der Waals surface area contributed by atoms with E-state index in [0.717, 1.165) is 11.1 Å². The smallest absolute Gasteiger partial charge is 0.352 e. The minimum atomic E-state index is -1.27. The SMILES string of the molecule is Cc1cc(OCC(=O)N/C(=C/c2cccc(Cl)c2)C(=O)O)cc(C)c1Cl. The lowest BCUT2D eigenvalue weighted by molar-refractivity contribution is -0.134. The second kappa shape index (κ2) is 8.74. The van der Waals surface area contributed by atoms with Crippen LogP contribution in [-0.4, -0.2) is 23.6 Å². The van der Waals surface area contributed by atoms with E-state index < -0.39 is 11.9 Å². The Morgan fingerprint density at radius 3 is 2.38 bits per heavy atom. The summed E-state index contributed by atoms with van der Waals surface area (Å²) in [6.07, 6.45) is 1.32. The molecule has 5 nitrogen and oxygen atoms in total. The van der Waals surface area contributed by atoms with Crippen molar-refractivity contribution in [1.82, 2.24) is 5.32 Å². The summed E-state index contributed by atoms with van der Waals surface area (Å²) < 4.78 is 5.42. The lowest BCUT2D eigenvalue weighted by Gasteiger charge is -2.10. The van der Waals surface area contributed by atoms with Crippen LogP contribution in [0.5, 0.6) is 5.75 Å². The molecule has 7 heteroatoms. The molecule has 0 saturated heterocycles. The molecule has 26 heavy (non-hydrogen) atoms. The maximum absolute atomic E-state index is 12.0. The number of aliphatic carboxylic acids is 1. The molecule has 2 N–H and O–H groups in total. The summed E-state index contributed by atoms with van der Waals surface area (Å²) in [5.41, 5.74) is 1.94. The normalized spacial score (nSPS) is 11.2. The van der Waals surface area contributed by atoms with Crippen LogP contribution in [0.1, 0.15) is 16.7 Å². The number of aryl methyl sites for hydroxylation is 2. The molecule has 136 valence electrons. The van der Waals surface area contributed by atoms with Crippen LogP contribution in [0.3, 0.4) is 0 Å². The van der Waals surface area contributed by atoms with Crippen molar-refractivity contribution < 1.29 is 19.4 Å². The van der Waals surface area contributed by atoms with Gasteiger partial charge in [0, 0.05) is 10.0 Å². The van der Waals surface area contributed by atoms with Gasteiger partial charge in [0.15, 0.2) is 6.61 Å². The van der Waals surface area contributed by atoms with Crippen molar-refractivity contribution in [2.45, 2.75) is 13.8 Å². The van der Waals surface area contributed by atoms with Gasteiger partial charge in [-0.2, -0.15) is 0 Å². The fourth-order valence-corrected chi connectivity index (χ4v) is 2.55. The van der Waals surface area contributed by atoms with Gasteiger partial charge >= 0.3 is 5.97 Å². The number of ether oxygens (including phenoxy) is 1. The Bertz CT molecular complexity index is 855. The van der Waals surface area contributed by atoms with Crippen LogP contribution < -0.4 is 10.1 Å². The summed E-state index contributed by atoms with van der Waals surface area (Å²) in [5.74, 6) is -1.38. The molecule has 0 aliphatic heterocycles. The van der Waals surface area contributed by atoms with Gasteiger partial charge in [0.25, 0.3) is 5.91 Å². The van der Waals surface area contributed by atoms with Gasteiger partial charge in [-0.3, -0.25) is 4.79 Å². The van der Waals surface area contributed by atoms with Crippen LogP contribution >= 0.6 is 23.2 Å². The summed E-state index contributed by atoms with van der Waals surface area (Å²) in [4.78, 5) is 23.4. The maximum Gasteiger partial charge on any atom is 0.352 e. The number of nitrogens with one attached hydrogen (secondary N) is 1. The first kappa shape index (κ1) is 19.8. The van der Waals surface area contributed by atoms with Gasteiger partial charge in [-0.05, 0) is 60.9 Å². The molecule has 0 heterocycles. The van der Waals surface area contributed by atoms with E-state index in [0.29, 0.717) is 21.4 Å². The summed E-state index contributed by atoms with van der Waals surface area (Å²) in [6, 6.07) is 10.0. The zero-order valence-corrected chi connectivity index (χ0v) is 15.7. The highest BCUT2D eigenvalue weighted by Gasteiger charge is 2.13. The van der Waals surface area contributed by atoms with E-state index in [-0.39, 0.29) is 12.3 Å². The third-order valence-corrected chi connectivity index (χ3v) is 4.28. The zero-order chi connectivity index (χ0) is 19.3. The highest BCUT2D eigenvalue weighted by molar-refractivity contribution is 6.32. The molecule has 0 bridgehead atoms. The van der Waals surface area contributed by atoms with E-state index in [1.54, 1.807) is 36.4 Å². The van der Waals surface area contributed by atoms with Gasteiger partial charge in [-0.1, -0.05) is 35.3 Å². The Morgan fingerprint density at radius 2 is 1.81 bits per heavy atom. The monoisotopic (exact) mass is 393 g/mol. The van der Waals surface area contributed by atoms with Crippen molar-refractivity contribution in [2.75, 3.05) is 6.61 Å². The summed E-state index contributed by atoms with van der Waals surface area (Å²) in [5, 5.41) is 12.7. The number of amides is 1. The quantitative estimate of drug-likeness (QED) is 0.719. The molecule has 1 amide bonds. The van der Waals surface area contributed by atoms with Gasteiger partial charge in [0.2, 0.25) is 0 Å². The number of benzene rings is 2. The first-order valence-corrected chi connectivity index (χ1v) is 8.42. The van der Waals surface area contributed by atoms with Crippen LogP contribution in [0.4, 0.5) is 0 Å². The van der Waals surface area contributed by atoms with Gasteiger partial charge in [0.05, 0.1) is 0 Å². The number of carboxylic acid groups (broad SMARTS) is 1. The van der Waals surface area contributed by atoms with Gasteiger partial charge in [0.1, 0.15) is 11.4 Å². The predicted molar refractivity (Wildman–Crippen MR) is 102 cm³/mol. The topological polar surface area (TPSA) is 75.6 Å². The average molecular weight is 394 g/mol. The van der Waals surface area contributed by atoms with Crippen molar-refractivity contribution in [1.29, 1.82) is 0 Å². The summed E-state index contributed by atoms with van der Waals surface area (Å²) >= 11 is 12.0. The largest absolute Gasteiger partial charge is 0.484 e. The van der Waals surface area contributed by atoms with Crippen LogP contribution in [0.15, 0.2) is 42.1 Å². The van der Waals surface area contributed by atoms with E-state index in [9.17, 15) is 14.7 Å². The average Bonchev–Trinajstić information content (AvgIpc) is 2.57. The maximum atomic E-state index is 12.0. The van der Waals surface area contributed by atoms with Crippen LogP contribution in [0.2, 0.25) is 10.0 Å².